The first kappa shape index (κ1) is 16.4. The van der Waals surface area contributed by atoms with Crippen LogP contribution in [-0.4, -0.2) is 19.2 Å². The van der Waals surface area contributed by atoms with E-state index < -0.39 is 6.09 Å². The summed E-state index contributed by atoms with van der Waals surface area (Å²) < 4.78 is 11.4. The molecule has 2 aromatic rings. The molecule has 22 heavy (non-hydrogen) atoms. The quantitative estimate of drug-likeness (QED) is 0.716. The molecule has 1 aromatic heterocycles. The number of hydrogen-bond acceptors (Lipinski definition) is 3. The Balaban J connectivity index is 2.07. The van der Waals surface area contributed by atoms with Crippen molar-refractivity contribution in [3.05, 3.63) is 59.3 Å². The molecular weight excluding hydrogens is 346 g/mol. The standard InChI is InChI=1S/C17H18BrNO3/c1-3-21-17(20)19(16-9-6-12-22-16)11-10-13(2)14-7-4-5-8-15(14)18/h4-9,12H,2-3,10-11H2,1H3. The van der Waals surface area contributed by atoms with Gasteiger partial charge in [0, 0.05) is 17.1 Å². The molecule has 0 saturated heterocycles. The summed E-state index contributed by atoms with van der Waals surface area (Å²) in [6.45, 7) is 6.64. The average Bonchev–Trinajstić information content (AvgIpc) is 3.02. The number of anilines is 1. The largest absolute Gasteiger partial charge is 0.449 e. The third kappa shape index (κ3) is 4.01. The molecule has 0 bridgehead atoms. The van der Waals surface area contributed by atoms with Crippen LogP contribution in [0.5, 0.6) is 0 Å². The molecule has 1 aromatic carbocycles. The van der Waals surface area contributed by atoms with E-state index in [4.69, 9.17) is 9.15 Å². The van der Waals surface area contributed by atoms with Crippen LogP contribution in [-0.2, 0) is 4.74 Å². The van der Waals surface area contributed by atoms with Crippen LogP contribution in [0.4, 0.5) is 10.7 Å². The first-order valence-corrected chi connectivity index (χ1v) is 7.83. The summed E-state index contributed by atoms with van der Waals surface area (Å²) in [4.78, 5) is 13.5. The molecular formula is C17H18BrNO3. The second kappa shape index (κ2) is 7.84. The third-order valence-corrected chi connectivity index (χ3v) is 3.84. The summed E-state index contributed by atoms with van der Waals surface area (Å²) in [5, 5.41) is 0. The van der Waals surface area contributed by atoms with Crippen LogP contribution in [0.3, 0.4) is 0 Å². The third-order valence-electron chi connectivity index (χ3n) is 3.15. The molecule has 0 fully saturated rings. The molecule has 0 unspecified atom stereocenters. The van der Waals surface area contributed by atoms with Crippen molar-refractivity contribution in [1.29, 1.82) is 0 Å². The number of rotatable bonds is 6. The maximum atomic E-state index is 12.1. The van der Waals surface area contributed by atoms with Gasteiger partial charge >= 0.3 is 6.09 Å². The second-order valence-corrected chi connectivity index (χ2v) is 5.49. The Hall–Kier alpha value is -2.01. The fraction of sp³-hybridized carbons (Fsp3) is 0.235. The number of carbonyl (C=O) groups excluding carboxylic acids is 1. The van der Waals surface area contributed by atoms with Gasteiger partial charge in [0.1, 0.15) is 0 Å². The van der Waals surface area contributed by atoms with Crippen molar-refractivity contribution in [2.75, 3.05) is 18.1 Å². The highest BCUT2D eigenvalue weighted by atomic mass is 79.9. The van der Waals surface area contributed by atoms with E-state index in [1.165, 1.54) is 11.2 Å². The lowest BCUT2D eigenvalue weighted by molar-refractivity contribution is 0.158. The molecule has 0 aliphatic carbocycles. The van der Waals surface area contributed by atoms with Crippen LogP contribution in [0.2, 0.25) is 0 Å². The maximum absolute atomic E-state index is 12.1. The summed E-state index contributed by atoms with van der Waals surface area (Å²) in [5.41, 5.74) is 1.97. The molecule has 0 aliphatic heterocycles. The van der Waals surface area contributed by atoms with Crippen LogP contribution >= 0.6 is 15.9 Å². The molecule has 0 saturated carbocycles. The van der Waals surface area contributed by atoms with E-state index in [1.807, 2.05) is 24.3 Å². The number of halogens is 1. The Morgan fingerprint density at radius 3 is 2.73 bits per heavy atom. The van der Waals surface area contributed by atoms with E-state index in [0.717, 1.165) is 15.6 Å². The topological polar surface area (TPSA) is 42.7 Å². The smallest absolute Gasteiger partial charge is 0.416 e. The predicted molar refractivity (Wildman–Crippen MR) is 90.9 cm³/mol. The lowest BCUT2D eigenvalue weighted by Crippen LogP contribution is -2.32. The van der Waals surface area contributed by atoms with Crippen molar-refractivity contribution in [2.24, 2.45) is 0 Å². The predicted octanol–water partition coefficient (Wildman–Crippen LogP) is 5.11. The van der Waals surface area contributed by atoms with Gasteiger partial charge in [-0.2, -0.15) is 0 Å². The number of furan rings is 1. The zero-order valence-corrected chi connectivity index (χ0v) is 14.0. The van der Waals surface area contributed by atoms with Gasteiger partial charge in [0.25, 0.3) is 0 Å². The van der Waals surface area contributed by atoms with Crippen molar-refractivity contribution >= 4 is 33.5 Å². The van der Waals surface area contributed by atoms with Crippen molar-refractivity contribution in [3.8, 4) is 0 Å². The average molecular weight is 364 g/mol. The minimum absolute atomic E-state index is 0.321. The fourth-order valence-electron chi connectivity index (χ4n) is 2.05. The van der Waals surface area contributed by atoms with Crippen LogP contribution in [0.15, 0.2) is 58.1 Å². The first-order valence-electron chi connectivity index (χ1n) is 7.04. The Kier molecular flexibility index (Phi) is 5.83. The van der Waals surface area contributed by atoms with E-state index in [0.29, 0.717) is 25.5 Å². The number of amides is 1. The van der Waals surface area contributed by atoms with Gasteiger partial charge in [-0.05, 0) is 36.6 Å². The van der Waals surface area contributed by atoms with E-state index in [-0.39, 0.29) is 0 Å². The van der Waals surface area contributed by atoms with Crippen molar-refractivity contribution < 1.29 is 13.9 Å². The minimum Gasteiger partial charge on any atom is -0.449 e. The van der Waals surface area contributed by atoms with Crippen molar-refractivity contribution in [3.63, 3.8) is 0 Å². The van der Waals surface area contributed by atoms with Gasteiger partial charge in [-0.3, -0.25) is 0 Å². The number of hydrogen-bond donors (Lipinski definition) is 0. The molecule has 0 spiro atoms. The van der Waals surface area contributed by atoms with E-state index in [9.17, 15) is 4.79 Å². The molecule has 1 amide bonds. The monoisotopic (exact) mass is 363 g/mol. The Bertz CT molecular complexity index is 637. The van der Waals surface area contributed by atoms with Gasteiger partial charge < -0.3 is 9.15 Å². The van der Waals surface area contributed by atoms with Gasteiger partial charge in [0.05, 0.1) is 12.9 Å². The summed E-state index contributed by atoms with van der Waals surface area (Å²) in [6, 6.07) is 11.3. The highest BCUT2D eigenvalue weighted by molar-refractivity contribution is 9.10. The molecule has 0 radical (unpaired) electrons. The van der Waals surface area contributed by atoms with Gasteiger partial charge in [-0.15, -0.1) is 0 Å². The van der Waals surface area contributed by atoms with Gasteiger partial charge in [0.2, 0.25) is 5.88 Å². The first-order chi connectivity index (χ1) is 10.6. The molecule has 0 aliphatic rings. The number of ether oxygens (including phenoxy) is 1. The number of benzene rings is 1. The Morgan fingerprint density at radius 2 is 2.09 bits per heavy atom. The fourth-order valence-corrected chi connectivity index (χ4v) is 2.61. The van der Waals surface area contributed by atoms with Crippen LogP contribution < -0.4 is 4.90 Å². The Morgan fingerprint density at radius 1 is 1.32 bits per heavy atom. The Labute approximate surface area is 138 Å². The van der Waals surface area contributed by atoms with Gasteiger partial charge in [-0.1, -0.05) is 40.7 Å². The van der Waals surface area contributed by atoms with Crippen LogP contribution in [0.25, 0.3) is 5.57 Å². The highest BCUT2D eigenvalue weighted by Gasteiger charge is 2.19. The summed E-state index contributed by atoms with van der Waals surface area (Å²) >= 11 is 3.51. The van der Waals surface area contributed by atoms with Crippen LogP contribution in [0, 0.1) is 0 Å². The van der Waals surface area contributed by atoms with E-state index >= 15 is 0 Å². The van der Waals surface area contributed by atoms with Gasteiger partial charge in [-0.25, -0.2) is 9.69 Å². The minimum atomic E-state index is -0.419. The lowest BCUT2D eigenvalue weighted by atomic mass is 10.0. The summed E-state index contributed by atoms with van der Waals surface area (Å²) in [6.07, 6.45) is 1.73. The number of carbonyl (C=O) groups is 1. The van der Waals surface area contributed by atoms with Crippen molar-refractivity contribution in [2.45, 2.75) is 13.3 Å². The molecule has 4 nitrogen and oxygen atoms in total. The summed E-state index contributed by atoms with van der Waals surface area (Å²) in [7, 11) is 0. The second-order valence-electron chi connectivity index (χ2n) is 4.64. The SMILES string of the molecule is C=C(CCN(C(=O)OCC)c1ccco1)c1ccccc1Br. The molecule has 2 rings (SSSR count). The van der Waals surface area contributed by atoms with Crippen molar-refractivity contribution in [1.82, 2.24) is 0 Å². The number of nitrogens with zero attached hydrogens (tertiary/aromatic N) is 1. The zero-order valence-electron chi connectivity index (χ0n) is 12.4. The highest BCUT2D eigenvalue weighted by Crippen LogP contribution is 2.26. The van der Waals surface area contributed by atoms with E-state index in [2.05, 4.69) is 22.5 Å². The maximum Gasteiger partial charge on any atom is 0.416 e. The molecule has 5 heteroatoms. The lowest BCUT2D eigenvalue weighted by Gasteiger charge is -2.20. The van der Waals surface area contributed by atoms with Gasteiger partial charge in [0.15, 0.2) is 0 Å². The normalized spacial score (nSPS) is 10.3. The molecule has 0 atom stereocenters. The van der Waals surface area contributed by atoms with E-state index in [1.54, 1.807) is 19.1 Å². The summed E-state index contributed by atoms with van der Waals surface area (Å²) in [5.74, 6) is 0.471. The molecule has 1 heterocycles. The zero-order chi connectivity index (χ0) is 15.9. The van der Waals surface area contributed by atoms with Crippen LogP contribution in [0.1, 0.15) is 18.9 Å². The molecule has 0 N–H and O–H groups in total. The molecule has 116 valence electrons.